The molecule has 190 valence electrons. The third kappa shape index (κ3) is 6.37. The summed E-state index contributed by atoms with van der Waals surface area (Å²) in [6.45, 7) is 7.22. The number of rotatable bonds is 7. The van der Waals surface area contributed by atoms with Crippen molar-refractivity contribution in [2.24, 2.45) is 0 Å². The van der Waals surface area contributed by atoms with Gasteiger partial charge in [0.1, 0.15) is 30.3 Å². The molecule has 1 aliphatic heterocycles. The summed E-state index contributed by atoms with van der Waals surface area (Å²) in [5.41, 5.74) is 2.08. The second-order valence-corrected chi connectivity index (χ2v) is 9.91. The van der Waals surface area contributed by atoms with Crippen molar-refractivity contribution in [3.05, 3.63) is 94.5 Å². The van der Waals surface area contributed by atoms with Crippen LogP contribution in [0.1, 0.15) is 31.9 Å². The number of urea groups is 1. The average Bonchev–Trinajstić information content (AvgIpc) is 2.86. The molecule has 0 saturated carbocycles. The van der Waals surface area contributed by atoms with Gasteiger partial charge in [0.05, 0.1) is 5.69 Å². The van der Waals surface area contributed by atoms with Crippen LogP contribution in [0.3, 0.4) is 0 Å². The molecule has 7 nitrogen and oxygen atoms in total. The highest BCUT2D eigenvalue weighted by atomic mass is 35.5. The van der Waals surface area contributed by atoms with Gasteiger partial charge < -0.3 is 9.47 Å². The van der Waals surface area contributed by atoms with Gasteiger partial charge >= 0.3 is 6.03 Å². The Morgan fingerprint density at radius 2 is 1.35 bits per heavy atom. The van der Waals surface area contributed by atoms with E-state index in [2.05, 4.69) is 38.2 Å². The van der Waals surface area contributed by atoms with Crippen molar-refractivity contribution in [1.82, 2.24) is 5.32 Å². The van der Waals surface area contributed by atoms with Crippen LogP contribution < -0.4 is 19.7 Å². The van der Waals surface area contributed by atoms with E-state index >= 15 is 0 Å². The van der Waals surface area contributed by atoms with Crippen LogP contribution >= 0.6 is 11.6 Å². The molecule has 0 bridgehead atoms. The van der Waals surface area contributed by atoms with Gasteiger partial charge in [-0.25, -0.2) is 9.69 Å². The van der Waals surface area contributed by atoms with Crippen molar-refractivity contribution in [3.8, 4) is 11.5 Å². The van der Waals surface area contributed by atoms with Crippen LogP contribution in [0.4, 0.5) is 10.5 Å². The first-order valence-corrected chi connectivity index (χ1v) is 12.1. The molecule has 1 fully saturated rings. The SMILES string of the molecule is CC(C)(C)c1ccc(OCCOc2ccc(C=C3C(=O)NC(=O)N(c4ccc(Cl)cc4)C3=O)cc2)cc1. The molecule has 3 aromatic carbocycles. The van der Waals surface area contributed by atoms with Gasteiger partial charge in [-0.1, -0.05) is 56.6 Å². The van der Waals surface area contributed by atoms with E-state index in [4.69, 9.17) is 21.1 Å². The van der Waals surface area contributed by atoms with Crippen molar-refractivity contribution < 1.29 is 23.9 Å². The fourth-order valence-corrected chi connectivity index (χ4v) is 3.81. The Labute approximate surface area is 220 Å². The highest BCUT2D eigenvalue weighted by Gasteiger charge is 2.36. The number of halogens is 1. The first-order valence-electron chi connectivity index (χ1n) is 11.7. The lowest BCUT2D eigenvalue weighted by atomic mass is 9.87. The molecule has 4 rings (SSSR count). The fraction of sp³-hybridized carbons (Fsp3) is 0.207. The maximum absolute atomic E-state index is 13.0. The maximum atomic E-state index is 13.0. The van der Waals surface area contributed by atoms with E-state index in [1.807, 2.05) is 12.1 Å². The quantitative estimate of drug-likeness (QED) is 0.244. The molecule has 0 unspecified atom stereocenters. The summed E-state index contributed by atoms with van der Waals surface area (Å²) >= 11 is 5.90. The maximum Gasteiger partial charge on any atom is 0.335 e. The van der Waals surface area contributed by atoms with Crippen LogP contribution in [0.2, 0.25) is 5.02 Å². The van der Waals surface area contributed by atoms with Gasteiger partial charge in [0.15, 0.2) is 0 Å². The monoisotopic (exact) mass is 518 g/mol. The Kier molecular flexibility index (Phi) is 7.64. The fourth-order valence-electron chi connectivity index (χ4n) is 3.68. The normalized spacial score (nSPS) is 15.1. The molecule has 0 radical (unpaired) electrons. The molecule has 0 atom stereocenters. The topological polar surface area (TPSA) is 84.9 Å². The van der Waals surface area contributed by atoms with Crippen LogP contribution in [-0.4, -0.2) is 31.1 Å². The molecule has 1 aliphatic rings. The zero-order valence-electron chi connectivity index (χ0n) is 20.8. The van der Waals surface area contributed by atoms with Gasteiger partial charge in [-0.05, 0) is 71.1 Å². The van der Waals surface area contributed by atoms with E-state index in [0.717, 1.165) is 10.6 Å². The van der Waals surface area contributed by atoms with Gasteiger partial charge in [0.25, 0.3) is 11.8 Å². The van der Waals surface area contributed by atoms with Gasteiger partial charge in [0, 0.05) is 5.02 Å². The summed E-state index contributed by atoms with van der Waals surface area (Å²) in [5.74, 6) is -0.0800. The average molecular weight is 519 g/mol. The molecule has 1 heterocycles. The van der Waals surface area contributed by atoms with E-state index in [0.29, 0.717) is 35.2 Å². The summed E-state index contributed by atoms with van der Waals surface area (Å²) in [5, 5.41) is 2.66. The number of carbonyl (C=O) groups excluding carboxylic acids is 3. The predicted molar refractivity (Wildman–Crippen MR) is 143 cm³/mol. The number of barbiturate groups is 1. The number of carbonyl (C=O) groups is 3. The summed E-state index contributed by atoms with van der Waals surface area (Å²) in [6, 6.07) is 20.3. The highest BCUT2D eigenvalue weighted by molar-refractivity contribution is 6.39. The number of nitrogens with one attached hydrogen (secondary N) is 1. The highest BCUT2D eigenvalue weighted by Crippen LogP contribution is 2.25. The molecule has 8 heteroatoms. The van der Waals surface area contributed by atoms with E-state index in [-0.39, 0.29) is 11.0 Å². The number of ether oxygens (including phenoxy) is 2. The summed E-state index contributed by atoms with van der Waals surface area (Å²) in [7, 11) is 0. The van der Waals surface area contributed by atoms with E-state index in [1.165, 1.54) is 23.8 Å². The Bertz CT molecular complexity index is 1320. The van der Waals surface area contributed by atoms with Gasteiger partial charge in [-0.2, -0.15) is 0 Å². The third-order valence-electron chi connectivity index (χ3n) is 5.72. The number of benzene rings is 3. The standard InChI is InChI=1S/C29H27ClN2O5/c1-29(2,3)20-6-14-24(15-7-20)37-17-16-36-23-12-4-19(5-13-23)18-25-26(33)31-28(35)32(27(25)34)22-10-8-21(30)9-11-22/h4-15,18H,16-17H2,1-3H3,(H,31,33,35). The Morgan fingerprint density at radius 1 is 0.811 bits per heavy atom. The summed E-state index contributed by atoms with van der Waals surface area (Å²) < 4.78 is 11.5. The van der Waals surface area contributed by atoms with E-state index < -0.39 is 17.8 Å². The van der Waals surface area contributed by atoms with Crippen LogP contribution in [-0.2, 0) is 15.0 Å². The van der Waals surface area contributed by atoms with Gasteiger partial charge in [-0.15, -0.1) is 0 Å². The number of amides is 4. The Morgan fingerprint density at radius 3 is 1.89 bits per heavy atom. The molecule has 0 aromatic heterocycles. The molecule has 1 saturated heterocycles. The largest absolute Gasteiger partial charge is 0.490 e. The second kappa shape index (κ2) is 10.9. The van der Waals surface area contributed by atoms with Crippen LogP contribution in [0.15, 0.2) is 78.4 Å². The molecule has 37 heavy (non-hydrogen) atoms. The minimum Gasteiger partial charge on any atom is -0.490 e. The molecule has 4 amide bonds. The van der Waals surface area contributed by atoms with Crippen molar-refractivity contribution in [2.75, 3.05) is 18.1 Å². The zero-order valence-corrected chi connectivity index (χ0v) is 21.5. The number of imide groups is 2. The number of nitrogens with zero attached hydrogens (tertiary/aromatic N) is 1. The lowest BCUT2D eigenvalue weighted by molar-refractivity contribution is -0.122. The Hall–Kier alpha value is -4.10. The number of hydrogen-bond donors (Lipinski definition) is 1. The van der Waals surface area contributed by atoms with Crippen LogP contribution in [0.25, 0.3) is 6.08 Å². The van der Waals surface area contributed by atoms with Crippen LogP contribution in [0, 0.1) is 0 Å². The minimum atomic E-state index is -0.814. The molecule has 1 N–H and O–H groups in total. The van der Waals surface area contributed by atoms with E-state index in [9.17, 15) is 14.4 Å². The number of anilines is 1. The lowest BCUT2D eigenvalue weighted by Gasteiger charge is -2.26. The van der Waals surface area contributed by atoms with Crippen molar-refractivity contribution in [1.29, 1.82) is 0 Å². The van der Waals surface area contributed by atoms with Crippen molar-refractivity contribution in [3.63, 3.8) is 0 Å². The third-order valence-corrected chi connectivity index (χ3v) is 5.97. The summed E-state index contributed by atoms with van der Waals surface area (Å²) in [4.78, 5) is 38.5. The summed E-state index contributed by atoms with van der Waals surface area (Å²) in [6.07, 6.45) is 1.43. The van der Waals surface area contributed by atoms with Crippen molar-refractivity contribution >= 4 is 41.2 Å². The zero-order chi connectivity index (χ0) is 26.6. The van der Waals surface area contributed by atoms with E-state index in [1.54, 1.807) is 36.4 Å². The Balaban J connectivity index is 1.35. The number of hydrogen-bond acceptors (Lipinski definition) is 5. The first-order chi connectivity index (χ1) is 17.6. The first kappa shape index (κ1) is 26.0. The minimum absolute atomic E-state index is 0.0886. The van der Waals surface area contributed by atoms with Gasteiger partial charge in [-0.3, -0.25) is 14.9 Å². The molecule has 0 spiro atoms. The molecular formula is C29H27ClN2O5. The van der Waals surface area contributed by atoms with Crippen LogP contribution in [0.5, 0.6) is 11.5 Å². The lowest BCUT2D eigenvalue weighted by Crippen LogP contribution is -2.54. The molecule has 0 aliphatic carbocycles. The van der Waals surface area contributed by atoms with Crippen molar-refractivity contribution in [2.45, 2.75) is 26.2 Å². The smallest absolute Gasteiger partial charge is 0.335 e. The predicted octanol–water partition coefficient (Wildman–Crippen LogP) is 5.76. The van der Waals surface area contributed by atoms with Gasteiger partial charge in [0.2, 0.25) is 0 Å². The second-order valence-electron chi connectivity index (χ2n) is 9.47. The molecule has 3 aromatic rings. The molecular weight excluding hydrogens is 492 g/mol.